The molecule has 0 spiro atoms. The number of amidine groups is 1. The summed E-state index contributed by atoms with van der Waals surface area (Å²) in [6, 6.07) is 12.4. The van der Waals surface area contributed by atoms with Crippen molar-refractivity contribution in [3.05, 3.63) is 58.5 Å². The number of ether oxygens (including phenoxy) is 2. The number of morpholine rings is 1. The number of nitrogens with zero attached hydrogens (tertiary/aromatic N) is 4. The lowest BCUT2D eigenvalue weighted by atomic mass is 9.87. The van der Waals surface area contributed by atoms with Gasteiger partial charge in [0.05, 0.1) is 36.5 Å². The van der Waals surface area contributed by atoms with Crippen molar-refractivity contribution < 1.29 is 14.3 Å². The molecule has 5 rings (SSSR count). The minimum Gasteiger partial charge on any atom is -0.496 e. The van der Waals surface area contributed by atoms with Crippen LogP contribution in [0.1, 0.15) is 45.2 Å². The monoisotopic (exact) mass is 546 g/mol. The molecule has 2 aromatic carbocycles. The Labute approximate surface area is 236 Å². The summed E-state index contributed by atoms with van der Waals surface area (Å²) in [4.78, 5) is 25.0. The van der Waals surface area contributed by atoms with Crippen molar-refractivity contribution in [3.8, 4) is 5.75 Å². The fraction of sp³-hybridized carbons (Fsp3) is 0.419. The number of rotatable bonds is 6. The molecule has 1 amide bonds. The van der Waals surface area contributed by atoms with Gasteiger partial charge < -0.3 is 19.3 Å². The molecule has 0 radical (unpaired) electrons. The van der Waals surface area contributed by atoms with Gasteiger partial charge in [0.25, 0.3) is 5.91 Å². The minimum atomic E-state index is -0.0795. The molecule has 0 saturated carbocycles. The first-order chi connectivity index (χ1) is 18.7. The lowest BCUT2D eigenvalue weighted by Gasteiger charge is -2.43. The minimum absolute atomic E-state index is 0.0653. The summed E-state index contributed by atoms with van der Waals surface area (Å²) in [5.74, 6) is 0.692. The van der Waals surface area contributed by atoms with Crippen LogP contribution in [0.5, 0.6) is 5.75 Å². The molecule has 0 bridgehead atoms. The Morgan fingerprint density at radius 2 is 1.87 bits per heavy atom. The molecule has 3 aliphatic heterocycles. The van der Waals surface area contributed by atoms with Gasteiger partial charge in [-0.05, 0) is 80.9 Å². The molecule has 0 aliphatic carbocycles. The van der Waals surface area contributed by atoms with Crippen LogP contribution in [0.3, 0.4) is 0 Å². The lowest BCUT2D eigenvalue weighted by molar-refractivity contribution is -0.121. The van der Waals surface area contributed by atoms with E-state index < -0.39 is 0 Å². The molecule has 206 valence electrons. The third-order valence-corrected chi connectivity index (χ3v) is 8.58. The SMILES string of the molecule is CCCN1c2cc(OC)c(/C=C3/SC(=Nc4ccc(N5CCOCC5)cc4)N(C)C3=O)cc2C(C)=CC1(C)C. The smallest absolute Gasteiger partial charge is 0.266 e. The van der Waals surface area contributed by atoms with Crippen molar-refractivity contribution in [2.24, 2.45) is 4.99 Å². The topological polar surface area (TPSA) is 57.6 Å². The zero-order chi connectivity index (χ0) is 27.7. The third kappa shape index (κ3) is 5.45. The van der Waals surface area contributed by atoms with E-state index in [4.69, 9.17) is 14.5 Å². The fourth-order valence-electron chi connectivity index (χ4n) is 5.51. The van der Waals surface area contributed by atoms with E-state index in [0.717, 1.165) is 62.0 Å². The van der Waals surface area contributed by atoms with Crippen molar-refractivity contribution in [1.29, 1.82) is 0 Å². The van der Waals surface area contributed by atoms with Crippen LogP contribution in [-0.4, -0.2) is 68.5 Å². The summed E-state index contributed by atoms with van der Waals surface area (Å²) < 4.78 is 11.3. The van der Waals surface area contributed by atoms with E-state index in [9.17, 15) is 4.79 Å². The van der Waals surface area contributed by atoms with Gasteiger partial charge in [0.2, 0.25) is 0 Å². The standard InChI is InChI=1S/C31H38N4O3S/c1-7-12-35-26-19-27(37-6)22(17-25(26)21(2)20-31(35,3)4)18-28-29(36)33(5)30(39-28)32-23-8-10-24(11-9-23)34-13-15-38-16-14-34/h8-11,17-20H,7,12-16H2,1-6H3/b28-18+,32-30?. The van der Waals surface area contributed by atoms with Gasteiger partial charge >= 0.3 is 0 Å². The number of fused-ring (bicyclic) bond motifs is 1. The highest BCUT2D eigenvalue weighted by Crippen LogP contribution is 2.43. The predicted octanol–water partition coefficient (Wildman–Crippen LogP) is 6.18. The van der Waals surface area contributed by atoms with Gasteiger partial charge in [-0.15, -0.1) is 0 Å². The maximum Gasteiger partial charge on any atom is 0.266 e. The summed E-state index contributed by atoms with van der Waals surface area (Å²) in [6.07, 6.45) is 5.32. The van der Waals surface area contributed by atoms with E-state index in [-0.39, 0.29) is 11.4 Å². The van der Waals surface area contributed by atoms with Crippen molar-refractivity contribution in [2.75, 3.05) is 56.8 Å². The van der Waals surface area contributed by atoms with Gasteiger partial charge in [0.15, 0.2) is 5.17 Å². The normalized spacial score (nSPS) is 21.0. The number of likely N-dealkylation sites (N-methyl/N-ethyl adjacent to an activating group) is 1. The third-order valence-electron chi connectivity index (χ3n) is 7.52. The molecule has 0 aromatic heterocycles. The van der Waals surface area contributed by atoms with Crippen LogP contribution in [0.25, 0.3) is 11.6 Å². The Kier molecular flexibility index (Phi) is 7.78. The molecule has 0 N–H and O–H groups in total. The van der Waals surface area contributed by atoms with Crippen molar-refractivity contribution in [1.82, 2.24) is 4.90 Å². The first-order valence-corrected chi connectivity index (χ1v) is 14.4. The van der Waals surface area contributed by atoms with Crippen LogP contribution in [0.2, 0.25) is 0 Å². The van der Waals surface area contributed by atoms with Crippen LogP contribution in [0, 0.1) is 0 Å². The molecular weight excluding hydrogens is 508 g/mol. The highest BCUT2D eigenvalue weighted by atomic mass is 32.2. The average molecular weight is 547 g/mol. The summed E-state index contributed by atoms with van der Waals surface area (Å²) in [5.41, 5.74) is 6.37. The molecule has 7 nitrogen and oxygen atoms in total. The number of benzene rings is 2. The van der Waals surface area contributed by atoms with Crippen LogP contribution in [-0.2, 0) is 9.53 Å². The molecule has 2 fully saturated rings. The Morgan fingerprint density at radius 3 is 2.54 bits per heavy atom. The zero-order valence-corrected chi connectivity index (χ0v) is 24.6. The molecule has 3 aliphatic rings. The second kappa shape index (κ2) is 11.1. The first kappa shape index (κ1) is 27.3. The number of carbonyl (C=O) groups is 1. The Morgan fingerprint density at radius 1 is 1.15 bits per heavy atom. The van der Waals surface area contributed by atoms with Crippen molar-refractivity contribution in [3.63, 3.8) is 0 Å². The molecular formula is C31H38N4O3S. The predicted molar refractivity (Wildman–Crippen MR) is 163 cm³/mol. The van der Waals surface area contributed by atoms with Crippen LogP contribution >= 0.6 is 11.8 Å². The largest absolute Gasteiger partial charge is 0.496 e. The number of hydrogen-bond acceptors (Lipinski definition) is 7. The van der Waals surface area contributed by atoms with E-state index in [2.05, 4.69) is 67.8 Å². The number of anilines is 2. The van der Waals surface area contributed by atoms with Crippen LogP contribution in [0.15, 0.2) is 52.4 Å². The van der Waals surface area contributed by atoms with E-state index >= 15 is 0 Å². The Bertz CT molecular complexity index is 1340. The molecule has 2 aromatic rings. The Hall–Kier alpha value is -3.23. The average Bonchev–Trinajstić information content (AvgIpc) is 3.19. The summed E-state index contributed by atoms with van der Waals surface area (Å²) in [5, 5.41) is 0.661. The molecule has 3 heterocycles. The molecule has 8 heteroatoms. The second-order valence-corrected chi connectivity index (χ2v) is 11.7. The number of hydrogen-bond donors (Lipinski definition) is 0. The molecule has 2 saturated heterocycles. The van der Waals surface area contributed by atoms with Gasteiger partial charge in [0.1, 0.15) is 5.75 Å². The quantitative estimate of drug-likeness (QED) is 0.404. The van der Waals surface area contributed by atoms with Gasteiger partial charge in [0, 0.05) is 55.2 Å². The van der Waals surface area contributed by atoms with Crippen molar-refractivity contribution >= 4 is 51.5 Å². The highest BCUT2D eigenvalue weighted by molar-refractivity contribution is 8.18. The zero-order valence-electron chi connectivity index (χ0n) is 23.8. The van der Waals surface area contributed by atoms with Crippen molar-refractivity contribution in [2.45, 2.75) is 39.7 Å². The maximum absolute atomic E-state index is 13.2. The van der Waals surface area contributed by atoms with Crippen LogP contribution in [0.4, 0.5) is 17.1 Å². The van der Waals surface area contributed by atoms with E-state index in [0.29, 0.717) is 10.1 Å². The lowest BCUT2D eigenvalue weighted by Crippen LogP contribution is -2.45. The number of aliphatic imine (C=N–C) groups is 1. The van der Waals surface area contributed by atoms with Gasteiger partial charge in [-0.25, -0.2) is 4.99 Å². The van der Waals surface area contributed by atoms with Gasteiger partial charge in [-0.1, -0.05) is 13.0 Å². The second-order valence-electron chi connectivity index (χ2n) is 10.7. The van der Waals surface area contributed by atoms with E-state index in [1.807, 2.05) is 18.2 Å². The summed E-state index contributed by atoms with van der Waals surface area (Å²) in [7, 11) is 3.46. The first-order valence-electron chi connectivity index (χ1n) is 13.6. The Balaban J connectivity index is 1.43. The number of allylic oxidation sites excluding steroid dienone is 1. The summed E-state index contributed by atoms with van der Waals surface area (Å²) in [6.45, 7) is 13.1. The van der Waals surface area contributed by atoms with E-state index in [1.165, 1.54) is 28.6 Å². The van der Waals surface area contributed by atoms with Gasteiger partial charge in [-0.2, -0.15) is 0 Å². The number of methoxy groups -OCH3 is 1. The molecule has 39 heavy (non-hydrogen) atoms. The molecule has 0 atom stereocenters. The fourth-order valence-corrected chi connectivity index (χ4v) is 6.48. The van der Waals surface area contributed by atoms with E-state index in [1.54, 1.807) is 19.1 Å². The van der Waals surface area contributed by atoms with Crippen LogP contribution < -0.4 is 14.5 Å². The maximum atomic E-state index is 13.2. The summed E-state index contributed by atoms with van der Waals surface area (Å²) >= 11 is 1.39. The highest BCUT2D eigenvalue weighted by Gasteiger charge is 2.33. The number of amides is 1. The van der Waals surface area contributed by atoms with Gasteiger partial charge in [-0.3, -0.25) is 9.69 Å². The molecule has 0 unspecified atom stereocenters. The number of thioether (sulfide) groups is 1. The number of carbonyl (C=O) groups excluding carboxylic acids is 1.